The monoisotopic (exact) mass is 345 g/mol. The second-order valence-electron chi connectivity index (χ2n) is 8.33. The Kier molecular flexibility index (Phi) is 4.61. The first kappa shape index (κ1) is 17.1. The Labute approximate surface area is 150 Å². The summed E-state index contributed by atoms with van der Waals surface area (Å²) < 4.78 is 5.26. The molecule has 2 aliphatic heterocycles. The van der Waals surface area contributed by atoms with Crippen molar-refractivity contribution in [1.82, 2.24) is 15.0 Å². The lowest BCUT2D eigenvalue weighted by molar-refractivity contribution is -0.137. The predicted octanol–water partition coefficient (Wildman–Crippen LogP) is 3.52. The third kappa shape index (κ3) is 3.01. The van der Waals surface area contributed by atoms with Crippen molar-refractivity contribution in [3.8, 4) is 0 Å². The number of amides is 1. The van der Waals surface area contributed by atoms with E-state index < -0.39 is 0 Å². The van der Waals surface area contributed by atoms with Crippen LogP contribution in [-0.4, -0.2) is 45.5 Å². The Morgan fingerprint density at radius 1 is 1.32 bits per heavy atom. The van der Waals surface area contributed by atoms with E-state index in [0.717, 1.165) is 62.7 Å². The van der Waals surface area contributed by atoms with Gasteiger partial charge in [0.05, 0.1) is 11.2 Å². The van der Waals surface area contributed by atoms with Crippen molar-refractivity contribution in [2.45, 2.75) is 83.3 Å². The number of aryl methyl sites for hydroxylation is 1. The highest BCUT2D eigenvalue weighted by molar-refractivity contribution is 5.80. The molecule has 1 amide bonds. The third-order valence-electron chi connectivity index (χ3n) is 6.82. The maximum Gasteiger partial charge on any atom is 0.223 e. The maximum absolute atomic E-state index is 12.7. The van der Waals surface area contributed by atoms with Gasteiger partial charge in [0.2, 0.25) is 5.91 Å². The van der Waals surface area contributed by atoms with Crippen LogP contribution in [0.2, 0.25) is 0 Å². The molecule has 3 aliphatic rings. The molecule has 3 heterocycles. The van der Waals surface area contributed by atoms with E-state index >= 15 is 0 Å². The van der Waals surface area contributed by atoms with Crippen molar-refractivity contribution >= 4 is 5.91 Å². The van der Waals surface area contributed by atoms with E-state index in [0.29, 0.717) is 11.9 Å². The Bertz CT molecular complexity index is 624. The molecule has 5 heteroatoms. The van der Waals surface area contributed by atoms with E-state index in [9.17, 15) is 4.79 Å². The number of piperidine rings is 1. The lowest BCUT2D eigenvalue weighted by Crippen LogP contribution is -2.63. The second kappa shape index (κ2) is 6.75. The van der Waals surface area contributed by atoms with E-state index in [4.69, 9.17) is 4.52 Å². The van der Waals surface area contributed by atoms with Gasteiger partial charge in [-0.1, -0.05) is 18.5 Å². The first-order valence-electron chi connectivity index (χ1n) is 10.1. The summed E-state index contributed by atoms with van der Waals surface area (Å²) in [6.07, 6.45) is 9.14. The zero-order chi connectivity index (χ0) is 17.4. The summed E-state index contributed by atoms with van der Waals surface area (Å²) in [7, 11) is 0. The molecule has 2 atom stereocenters. The minimum atomic E-state index is 0.0540. The van der Waals surface area contributed by atoms with Gasteiger partial charge in [0.15, 0.2) is 0 Å². The molecule has 2 saturated heterocycles. The number of aromatic nitrogens is 1. The number of nitrogens with zero attached hydrogens (tertiary/aromatic N) is 3. The molecule has 0 unspecified atom stereocenters. The molecule has 25 heavy (non-hydrogen) atoms. The molecule has 1 spiro atoms. The Balaban J connectivity index is 1.56. The highest BCUT2D eigenvalue weighted by Gasteiger charge is 2.53. The highest BCUT2D eigenvalue weighted by Crippen LogP contribution is 2.45. The van der Waals surface area contributed by atoms with Crippen molar-refractivity contribution in [2.75, 3.05) is 13.1 Å². The minimum absolute atomic E-state index is 0.0540. The Morgan fingerprint density at radius 2 is 2.16 bits per heavy atom. The summed E-state index contributed by atoms with van der Waals surface area (Å²) in [5, 5.41) is 4.20. The van der Waals surface area contributed by atoms with E-state index in [1.165, 1.54) is 25.7 Å². The standard InChI is InChI=1S/C20H31N3O2/c1-3-18-20(10-8-19(24)23(20)13-16-6-4-7-16)9-5-11-22(18)14-17-12-15(2)25-21-17/h12,16,18H,3-11,13-14H2,1-2H3/t18-,20-/m1/s1. The molecule has 0 radical (unpaired) electrons. The van der Waals surface area contributed by atoms with Crippen LogP contribution in [0.3, 0.4) is 0 Å². The first-order chi connectivity index (χ1) is 12.1. The van der Waals surface area contributed by atoms with Gasteiger partial charge in [-0.15, -0.1) is 0 Å². The van der Waals surface area contributed by atoms with Crippen LogP contribution in [0.1, 0.15) is 69.7 Å². The second-order valence-corrected chi connectivity index (χ2v) is 8.33. The van der Waals surface area contributed by atoms with Crippen LogP contribution in [0, 0.1) is 12.8 Å². The maximum atomic E-state index is 12.7. The summed E-state index contributed by atoms with van der Waals surface area (Å²) in [5.74, 6) is 2.01. The molecule has 1 saturated carbocycles. The van der Waals surface area contributed by atoms with E-state index in [2.05, 4.69) is 21.9 Å². The fourth-order valence-electron chi connectivity index (χ4n) is 5.44. The van der Waals surface area contributed by atoms with Gasteiger partial charge in [-0.05, 0) is 57.9 Å². The Morgan fingerprint density at radius 3 is 2.80 bits per heavy atom. The molecule has 5 nitrogen and oxygen atoms in total. The average Bonchev–Trinajstić information content (AvgIpc) is 3.09. The molecule has 3 fully saturated rings. The average molecular weight is 345 g/mol. The molecule has 0 N–H and O–H groups in total. The number of hydrogen-bond donors (Lipinski definition) is 0. The fraction of sp³-hybridized carbons (Fsp3) is 0.800. The molecule has 138 valence electrons. The topological polar surface area (TPSA) is 49.6 Å². The molecule has 1 aliphatic carbocycles. The molecule has 0 aromatic carbocycles. The summed E-state index contributed by atoms with van der Waals surface area (Å²) in [4.78, 5) is 17.6. The van der Waals surface area contributed by atoms with Gasteiger partial charge < -0.3 is 9.42 Å². The van der Waals surface area contributed by atoms with E-state index in [1.807, 2.05) is 13.0 Å². The Hall–Kier alpha value is -1.36. The lowest BCUT2D eigenvalue weighted by atomic mass is 9.76. The first-order valence-corrected chi connectivity index (χ1v) is 10.1. The molecular weight excluding hydrogens is 314 g/mol. The van der Waals surface area contributed by atoms with Crippen LogP contribution in [0.4, 0.5) is 0 Å². The van der Waals surface area contributed by atoms with Crippen LogP contribution in [-0.2, 0) is 11.3 Å². The molecule has 4 rings (SSSR count). The van der Waals surface area contributed by atoms with E-state index in [1.54, 1.807) is 0 Å². The van der Waals surface area contributed by atoms with Gasteiger partial charge in [0, 0.05) is 31.6 Å². The van der Waals surface area contributed by atoms with Crippen molar-refractivity contribution < 1.29 is 9.32 Å². The summed E-state index contributed by atoms with van der Waals surface area (Å²) in [6.45, 7) is 7.15. The molecule has 0 bridgehead atoms. The van der Waals surface area contributed by atoms with Gasteiger partial charge in [-0.2, -0.15) is 0 Å². The molecular formula is C20H31N3O2. The summed E-state index contributed by atoms with van der Waals surface area (Å²) >= 11 is 0. The van der Waals surface area contributed by atoms with Gasteiger partial charge in [0.1, 0.15) is 5.76 Å². The largest absolute Gasteiger partial charge is 0.361 e. The van der Waals surface area contributed by atoms with Gasteiger partial charge in [-0.25, -0.2) is 0 Å². The zero-order valence-electron chi connectivity index (χ0n) is 15.7. The fourth-order valence-corrected chi connectivity index (χ4v) is 5.44. The summed E-state index contributed by atoms with van der Waals surface area (Å²) in [6, 6.07) is 2.48. The van der Waals surface area contributed by atoms with Gasteiger partial charge >= 0.3 is 0 Å². The van der Waals surface area contributed by atoms with Crippen LogP contribution < -0.4 is 0 Å². The smallest absolute Gasteiger partial charge is 0.223 e. The third-order valence-corrected chi connectivity index (χ3v) is 6.82. The highest BCUT2D eigenvalue weighted by atomic mass is 16.5. The zero-order valence-corrected chi connectivity index (χ0v) is 15.7. The summed E-state index contributed by atoms with van der Waals surface area (Å²) in [5.41, 5.74) is 1.07. The number of carbonyl (C=O) groups excluding carboxylic acids is 1. The quantitative estimate of drug-likeness (QED) is 0.819. The van der Waals surface area contributed by atoms with Crippen molar-refractivity contribution in [1.29, 1.82) is 0 Å². The number of rotatable bonds is 5. The SMILES string of the molecule is CC[C@H]1N(Cc2cc(C)on2)CCC[C@@]12CCC(=O)N2CC1CCC1. The van der Waals surface area contributed by atoms with Crippen LogP contribution in [0.15, 0.2) is 10.6 Å². The number of likely N-dealkylation sites (tertiary alicyclic amines) is 2. The van der Waals surface area contributed by atoms with Gasteiger partial charge in [0.25, 0.3) is 0 Å². The van der Waals surface area contributed by atoms with Gasteiger partial charge in [-0.3, -0.25) is 9.69 Å². The van der Waals surface area contributed by atoms with Crippen LogP contribution in [0.25, 0.3) is 0 Å². The molecule has 1 aromatic heterocycles. The number of hydrogen-bond acceptors (Lipinski definition) is 4. The molecule has 1 aromatic rings. The minimum Gasteiger partial charge on any atom is -0.361 e. The normalized spacial score (nSPS) is 31.0. The number of carbonyl (C=O) groups is 1. The van der Waals surface area contributed by atoms with E-state index in [-0.39, 0.29) is 5.54 Å². The lowest BCUT2D eigenvalue weighted by Gasteiger charge is -2.53. The predicted molar refractivity (Wildman–Crippen MR) is 96.0 cm³/mol. The van der Waals surface area contributed by atoms with Crippen molar-refractivity contribution in [3.05, 3.63) is 17.5 Å². The van der Waals surface area contributed by atoms with Crippen LogP contribution in [0.5, 0.6) is 0 Å². The van der Waals surface area contributed by atoms with Crippen molar-refractivity contribution in [3.63, 3.8) is 0 Å². The van der Waals surface area contributed by atoms with Crippen molar-refractivity contribution in [2.24, 2.45) is 5.92 Å². The van der Waals surface area contributed by atoms with Crippen LogP contribution >= 0.6 is 0 Å².